The molecule has 0 saturated heterocycles. The number of aliphatic carboxylic acids is 1. The standard InChI is InChI=1S/C24H24N2O6S.C2H6/c1-17-7-13-21(14-8-17)33(30,31)26-22(16-32-20-5-3-2-4-6-20)24(29)25-19-11-9-18(10-12-19)15-23(27)28;1-2/h2-14,22,26H,15-16H2,1H3,(H,25,29)(H,27,28);1-2H3. The SMILES string of the molecule is CC.Cc1ccc(S(=O)(=O)NC(COc2ccccc2)C(=O)Nc2ccc(CC(=O)O)cc2)cc1. The van der Waals surface area contributed by atoms with Crippen LogP contribution in [0.3, 0.4) is 0 Å². The molecule has 0 aliphatic heterocycles. The van der Waals surface area contributed by atoms with Gasteiger partial charge in [0.15, 0.2) is 0 Å². The predicted octanol–water partition coefficient (Wildman–Crippen LogP) is 4.01. The number of carboxylic acids is 1. The van der Waals surface area contributed by atoms with Crippen molar-refractivity contribution in [3.8, 4) is 5.75 Å². The van der Waals surface area contributed by atoms with Gasteiger partial charge in [0.2, 0.25) is 15.9 Å². The lowest BCUT2D eigenvalue weighted by Crippen LogP contribution is -2.47. The highest BCUT2D eigenvalue weighted by molar-refractivity contribution is 7.89. The van der Waals surface area contributed by atoms with Crippen molar-refractivity contribution >= 4 is 27.6 Å². The first kappa shape index (κ1) is 27.6. The predicted molar refractivity (Wildman–Crippen MR) is 135 cm³/mol. The van der Waals surface area contributed by atoms with E-state index in [4.69, 9.17) is 9.84 Å². The zero-order valence-electron chi connectivity index (χ0n) is 19.9. The minimum absolute atomic E-state index is 0.0311. The molecule has 3 aromatic rings. The van der Waals surface area contributed by atoms with Crippen molar-refractivity contribution in [1.82, 2.24) is 4.72 Å². The molecule has 0 heterocycles. The molecule has 0 fully saturated rings. The Labute approximate surface area is 206 Å². The van der Waals surface area contributed by atoms with Gasteiger partial charge in [-0.3, -0.25) is 9.59 Å². The minimum Gasteiger partial charge on any atom is -0.491 e. The third-order valence-electron chi connectivity index (χ3n) is 4.68. The van der Waals surface area contributed by atoms with Gasteiger partial charge in [0.1, 0.15) is 18.4 Å². The molecule has 35 heavy (non-hydrogen) atoms. The third kappa shape index (κ3) is 8.88. The van der Waals surface area contributed by atoms with Gasteiger partial charge in [0.05, 0.1) is 11.3 Å². The summed E-state index contributed by atoms with van der Waals surface area (Å²) in [4.78, 5) is 23.8. The first-order chi connectivity index (χ1) is 16.7. The van der Waals surface area contributed by atoms with Crippen LogP contribution in [0.25, 0.3) is 0 Å². The van der Waals surface area contributed by atoms with Gasteiger partial charge in [0.25, 0.3) is 0 Å². The maximum absolute atomic E-state index is 12.9. The number of para-hydroxylation sites is 1. The number of carboxylic acid groups (broad SMARTS) is 1. The van der Waals surface area contributed by atoms with Crippen LogP contribution < -0.4 is 14.8 Å². The second-order valence-electron chi connectivity index (χ2n) is 7.37. The molecule has 0 spiro atoms. The summed E-state index contributed by atoms with van der Waals surface area (Å²) in [6.07, 6.45) is -0.141. The average Bonchev–Trinajstić information content (AvgIpc) is 2.85. The number of nitrogens with one attached hydrogen (secondary N) is 2. The number of benzene rings is 3. The number of carbonyl (C=O) groups excluding carboxylic acids is 1. The van der Waals surface area contributed by atoms with Gasteiger partial charge in [-0.1, -0.05) is 61.9 Å². The van der Waals surface area contributed by atoms with Gasteiger partial charge in [0, 0.05) is 5.69 Å². The zero-order valence-corrected chi connectivity index (χ0v) is 20.7. The van der Waals surface area contributed by atoms with Crippen molar-refractivity contribution in [2.45, 2.75) is 38.1 Å². The molecule has 3 rings (SSSR count). The Balaban J connectivity index is 0.00000210. The summed E-state index contributed by atoms with van der Waals surface area (Å²) in [6.45, 7) is 5.60. The Bertz CT molecular complexity index is 1190. The molecule has 0 aromatic heterocycles. The quantitative estimate of drug-likeness (QED) is 0.388. The summed E-state index contributed by atoms with van der Waals surface area (Å²) in [5.41, 5.74) is 1.87. The highest BCUT2D eigenvalue weighted by Gasteiger charge is 2.27. The van der Waals surface area contributed by atoms with Crippen molar-refractivity contribution in [3.63, 3.8) is 0 Å². The molecule has 0 aliphatic rings. The van der Waals surface area contributed by atoms with E-state index in [0.29, 0.717) is 17.0 Å². The van der Waals surface area contributed by atoms with E-state index in [2.05, 4.69) is 10.0 Å². The van der Waals surface area contributed by atoms with Crippen LogP contribution in [0, 0.1) is 6.92 Å². The van der Waals surface area contributed by atoms with Crippen molar-refractivity contribution < 1.29 is 27.9 Å². The summed E-state index contributed by atoms with van der Waals surface area (Å²) < 4.78 is 33.8. The Morgan fingerprint density at radius 2 is 1.51 bits per heavy atom. The second-order valence-corrected chi connectivity index (χ2v) is 9.08. The number of hydrogen-bond donors (Lipinski definition) is 3. The second kappa shape index (κ2) is 13.3. The van der Waals surface area contributed by atoms with Crippen LogP contribution in [0.1, 0.15) is 25.0 Å². The van der Waals surface area contributed by atoms with Crippen LogP contribution in [0.5, 0.6) is 5.75 Å². The van der Waals surface area contributed by atoms with E-state index in [1.54, 1.807) is 60.7 Å². The van der Waals surface area contributed by atoms with Crippen LogP contribution in [0.15, 0.2) is 83.8 Å². The van der Waals surface area contributed by atoms with Crippen molar-refractivity contribution in [2.75, 3.05) is 11.9 Å². The number of aryl methyl sites for hydroxylation is 1. The van der Waals surface area contributed by atoms with E-state index in [1.807, 2.05) is 26.8 Å². The van der Waals surface area contributed by atoms with E-state index in [-0.39, 0.29) is 17.9 Å². The number of carbonyl (C=O) groups is 2. The number of rotatable bonds is 10. The molecule has 3 N–H and O–H groups in total. The molecular weight excluding hydrogens is 468 g/mol. The molecule has 9 heteroatoms. The molecule has 0 bridgehead atoms. The van der Waals surface area contributed by atoms with Crippen LogP contribution in [0.4, 0.5) is 5.69 Å². The van der Waals surface area contributed by atoms with Crippen molar-refractivity contribution in [2.24, 2.45) is 0 Å². The fourth-order valence-electron chi connectivity index (χ4n) is 2.94. The molecule has 0 aliphatic carbocycles. The van der Waals surface area contributed by atoms with Gasteiger partial charge < -0.3 is 15.2 Å². The number of amides is 1. The van der Waals surface area contributed by atoms with E-state index in [1.165, 1.54) is 12.1 Å². The Morgan fingerprint density at radius 1 is 0.914 bits per heavy atom. The van der Waals surface area contributed by atoms with E-state index >= 15 is 0 Å². The normalized spacial score (nSPS) is 11.5. The van der Waals surface area contributed by atoms with E-state index in [0.717, 1.165) is 5.56 Å². The van der Waals surface area contributed by atoms with Crippen LogP contribution in [-0.4, -0.2) is 38.0 Å². The lowest BCUT2D eigenvalue weighted by atomic mass is 10.1. The number of sulfonamides is 1. The van der Waals surface area contributed by atoms with Gasteiger partial charge in [-0.2, -0.15) is 4.72 Å². The molecule has 1 amide bonds. The summed E-state index contributed by atoms with van der Waals surface area (Å²) in [6, 6.07) is 20.0. The lowest BCUT2D eigenvalue weighted by molar-refractivity contribution is -0.136. The van der Waals surface area contributed by atoms with Crippen LogP contribution >= 0.6 is 0 Å². The van der Waals surface area contributed by atoms with Crippen molar-refractivity contribution in [3.05, 3.63) is 90.0 Å². The monoisotopic (exact) mass is 498 g/mol. The number of ether oxygens (including phenoxy) is 1. The van der Waals surface area contributed by atoms with Gasteiger partial charge in [-0.25, -0.2) is 8.42 Å². The highest BCUT2D eigenvalue weighted by Crippen LogP contribution is 2.15. The fourth-order valence-corrected chi connectivity index (χ4v) is 4.12. The first-order valence-electron chi connectivity index (χ1n) is 11.1. The topological polar surface area (TPSA) is 122 Å². The molecule has 0 saturated carbocycles. The molecule has 3 aromatic carbocycles. The summed E-state index contributed by atoms with van der Waals surface area (Å²) in [7, 11) is -3.99. The molecule has 8 nitrogen and oxygen atoms in total. The van der Waals surface area contributed by atoms with Gasteiger partial charge >= 0.3 is 5.97 Å². The number of hydrogen-bond acceptors (Lipinski definition) is 5. The summed E-state index contributed by atoms with van der Waals surface area (Å²) >= 11 is 0. The average molecular weight is 499 g/mol. The maximum Gasteiger partial charge on any atom is 0.307 e. The molecular formula is C26H30N2O6S. The molecule has 0 radical (unpaired) electrons. The summed E-state index contributed by atoms with van der Waals surface area (Å²) in [5.74, 6) is -1.09. The smallest absolute Gasteiger partial charge is 0.307 e. The summed E-state index contributed by atoms with van der Waals surface area (Å²) in [5, 5.41) is 11.5. The van der Waals surface area contributed by atoms with Gasteiger partial charge in [-0.05, 0) is 48.9 Å². The third-order valence-corrected chi connectivity index (χ3v) is 6.17. The molecule has 1 atom stereocenters. The van der Waals surface area contributed by atoms with Crippen molar-refractivity contribution in [1.29, 1.82) is 0 Å². The number of anilines is 1. The van der Waals surface area contributed by atoms with E-state index < -0.39 is 27.9 Å². The Hall–Kier alpha value is -3.69. The maximum atomic E-state index is 12.9. The fraction of sp³-hybridized carbons (Fsp3) is 0.231. The van der Waals surface area contributed by atoms with Gasteiger partial charge in [-0.15, -0.1) is 0 Å². The lowest BCUT2D eigenvalue weighted by Gasteiger charge is -2.19. The Morgan fingerprint density at radius 3 is 2.09 bits per heavy atom. The zero-order chi connectivity index (χ0) is 25.8. The molecule has 1 unspecified atom stereocenters. The first-order valence-corrected chi connectivity index (χ1v) is 12.6. The minimum atomic E-state index is -3.99. The van der Waals surface area contributed by atoms with Crippen LogP contribution in [0.2, 0.25) is 0 Å². The Kier molecular flexibility index (Phi) is 10.4. The highest BCUT2D eigenvalue weighted by atomic mass is 32.2. The largest absolute Gasteiger partial charge is 0.491 e. The van der Waals surface area contributed by atoms with Crippen LogP contribution in [-0.2, 0) is 26.0 Å². The van der Waals surface area contributed by atoms with E-state index in [9.17, 15) is 18.0 Å². The molecule has 186 valence electrons.